The summed E-state index contributed by atoms with van der Waals surface area (Å²) in [5.41, 5.74) is 6.10. The van der Waals surface area contributed by atoms with Crippen LogP contribution in [0.15, 0.2) is 18.3 Å². The maximum Gasteiger partial charge on any atom is 0.250 e. The summed E-state index contributed by atoms with van der Waals surface area (Å²) < 4.78 is 2.21. The Morgan fingerprint density at radius 1 is 1.56 bits per heavy atom. The summed E-state index contributed by atoms with van der Waals surface area (Å²) >= 11 is 4.98. The third-order valence-corrected chi connectivity index (χ3v) is 2.52. The van der Waals surface area contributed by atoms with Crippen LogP contribution < -0.4 is 5.73 Å². The summed E-state index contributed by atoms with van der Waals surface area (Å²) in [5.74, 6) is 0.107. The topological polar surface area (TPSA) is 89.6 Å². The van der Waals surface area contributed by atoms with E-state index in [1.165, 1.54) is 6.20 Å². The Kier molecular flexibility index (Phi) is 2.53. The van der Waals surface area contributed by atoms with Gasteiger partial charge in [0.2, 0.25) is 5.91 Å². The van der Waals surface area contributed by atoms with E-state index in [1.807, 2.05) is 0 Å². The molecule has 0 aliphatic rings. The summed E-state index contributed by atoms with van der Waals surface area (Å²) in [4.78, 5) is 15.0. The molecule has 0 aliphatic carbocycles. The average molecular weight is 235 g/mol. The van der Waals surface area contributed by atoms with Gasteiger partial charge in [0.05, 0.1) is 5.56 Å². The van der Waals surface area contributed by atoms with Gasteiger partial charge in [0, 0.05) is 13.2 Å². The van der Waals surface area contributed by atoms with Crippen molar-refractivity contribution in [2.24, 2.45) is 12.8 Å². The lowest BCUT2D eigenvalue weighted by atomic mass is 10.2. The number of carbonyl (C=O) groups is 1. The van der Waals surface area contributed by atoms with E-state index in [9.17, 15) is 4.79 Å². The molecule has 0 bridgehead atoms. The number of pyridine rings is 1. The first-order chi connectivity index (χ1) is 7.59. The Balaban J connectivity index is 2.46. The lowest BCUT2D eigenvalue weighted by Gasteiger charge is -2.00. The molecular weight excluding hydrogens is 226 g/mol. The van der Waals surface area contributed by atoms with E-state index in [-0.39, 0.29) is 0 Å². The molecule has 0 unspecified atom stereocenters. The van der Waals surface area contributed by atoms with Crippen LogP contribution in [0.5, 0.6) is 0 Å². The van der Waals surface area contributed by atoms with Crippen LogP contribution in [-0.4, -0.2) is 25.7 Å². The summed E-state index contributed by atoms with van der Waals surface area (Å²) in [6, 6.07) is 3.27. The number of hydrogen-bond acceptors (Lipinski definition) is 4. The van der Waals surface area contributed by atoms with Gasteiger partial charge in [-0.3, -0.25) is 14.9 Å². The smallest absolute Gasteiger partial charge is 0.250 e. The van der Waals surface area contributed by atoms with Gasteiger partial charge in [0.25, 0.3) is 0 Å². The Labute approximate surface area is 96.1 Å². The lowest BCUT2D eigenvalue weighted by molar-refractivity contribution is 0.1000. The fraction of sp³-hybridized carbons (Fsp3) is 0.111. The van der Waals surface area contributed by atoms with Gasteiger partial charge in [-0.1, -0.05) is 0 Å². The highest BCUT2D eigenvalue weighted by Crippen LogP contribution is 2.13. The normalized spacial score (nSPS) is 10.3. The summed E-state index contributed by atoms with van der Waals surface area (Å²) in [7, 11) is 1.78. The Hall–Kier alpha value is -2.02. The molecule has 0 aromatic carbocycles. The second-order valence-electron chi connectivity index (χ2n) is 3.21. The molecule has 3 N–H and O–H groups in total. The number of nitrogens with one attached hydrogen (secondary N) is 1. The van der Waals surface area contributed by atoms with E-state index in [0.717, 1.165) is 0 Å². The molecule has 0 saturated heterocycles. The van der Waals surface area contributed by atoms with Crippen molar-refractivity contribution in [1.82, 2.24) is 19.7 Å². The molecule has 7 heteroatoms. The third kappa shape index (κ3) is 1.72. The van der Waals surface area contributed by atoms with Crippen molar-refractivity contribution in [2.75, 3.05) is 0 Å². The van der Waals surface area contributed by atoms with Crippen LogP contribution in [0, 0.1) is 4.77 Å². The molecule has 82 valence electrons. The SMILES string of the molecule is Cn1c(-c2ccc(C(N)=O)cn2)n[nH]c1=S. The summed E-state index contributed by atoms with van der Waals surface area (Å²) in [5, 5.41) is 6.68. The first kappa shape index (κ1) is 10.5. The van der Waals surface area contributed by atoms with Gasteiger partial charge in [-0.2, -0.15) is 5.10 Å². The van der Waals surface area contributed by atoms with Crippen LogP contribution in [0.4, 0.5) is 0 Å². The molecule has 0 atom stereocenters. The maximum atomic E-state index is 10.9. The van der Waals surface area contributed by atoms with Gasteiger partial charge in [-0.05, 0) is 24.4 Å². The number of hydrogen-bond donors (Lipinski definition) is 2. The minimum Gasteiger partial charge on any atom is -0.366 e. The van der Waals surface area contributed by atoms with E-state index >= 15 is 0 Å². The molecule has 0 aliphatic heterocycles. The van der Waals surface area contributed by atoms with Crippen molar-refractivity contribution in [2.45, 2.75) is 0 Å². The molecular formula is C9H9N5OS. The number of nitrogens with two attached hydrogens (primary N) is 1. The zero-order valence-electron chi connectivity index (χ0n) is 8.47. The van der Waals surface area contributed by atoms with Crippen LogP contribution >= 0.6 is 12.2 Å². The molecule has 1 amide bonds. The predicted octanol–water partition coefficient (Wildman–Crippen LogP) is 0.639. The highest BCUT2D eigenvalue weighted by molar-refractivity contribution is 7.71. The van der Waals surface area contributed by atoms with E-state index < -0.39 is 5.91 Å². The molecule has 0 radical (unpaired) electrons. The third-order valence-electron chi connectivity index (χ3n) is 2.16. The van der Waals surface area contributed by atoms with Crippen molar-refractivity contribution < 1.29 is 4.79 Å². The van der Waals surface area contributed by atoms with Crippen LogP contribution in [-0.2, 0) is 7.05 Å². The fourth-order valence-electron chi connectivity index (χ4n) is 1.25. The monoisotopic (exact) mass is 235 g/mol. The zero-order valence-corrected chi connectivity index (χ0v) is 9.28. The van der Waals surface area contributed by atoms with Gasteiger partial charge in [0.15, 0.2) is 10.6 Å². The Bertz CT molecular complexity index is 583. The molecule has 0 spiro atoms. The molecule has 6 nitrogen and oxygen atoms in total. The molecule has 0 saturated carbocycles. The highest BCUT2D eigenvalue weighted by atomic mass is 32.1. The number of rotatable bonds is 2. The van der Waals surface area contributed by atoms with E-state index in [0.29, 0.717) is 21.9 Å². The summed E-state index contributed by atoms with van der Waals surface area (Å²) in [6.07, 6.45) is 1.41. The van der Waals surface area contributed by atoms with Gasteiger partial charge in [-0.15, -0.1) is 0 Å². The number of amides is 1. The number of carbonyl (C=O) groups excluding carboxylic acids is 1. The van der Waals surface area contributed by atoms with Crippen molar-refractivity contribution in [3.05, 3.63) is 28.7 Å². The molecule has 2 aromatic heterocycles. The first-order valence-electron chi connectivity index (χ1n) is 4.47. The van der Waals surface area contributed by atoms with E-state index in [2.05, 4.69) is 15.2 Å². The highest BCUT2D eigenvalue weighted by Gasteiger charge is 2.08. The van der Waals surface area contributed by atoms with Crippen LogP contribution in [0.1, 0.15) is 10.4 Å². The van der Waals surface area contributed by atoms with Crippen LogP contribution in [0.2, 0.25) is 0 Å². The van der Waals surface area contributed by atoms with Gasteiger partial charge in [0.1, 0.15) is 5.69 Å². The fourth-order valence-corrected chi connectivity index (χ4v) is 1.38. The van der Waals surface area contributed by atoms with Crippen LogP contribution in [0.25, 0.3) is 11.5 Å². The number of nitrogens with zero attached hydrogens (tertiary/aromatic N) is 3. The minimum atomic E-state index is -0.505. The number of aromatic amines is 1. The molecule has 2 aromatic rings. The number of primary amides is 1. The zero-order chi connectivity index (χ0) is 11.7. The van der Waals surface area contributed by atoms with Crippen LogP contribution in [0.3, 0.4) is 0 Å². The number of aromatic nitrogens is 4. The standard InChI is InChI=1S/C9H9N5OS/c1-14-8(12-13-9(14)16)6-3-2-5(4-11-6)7(10)15/h2-4H,1H3,(H2,10,15)(H,13,16). The van der Waals surface area contributed by atoms with Crippen molar-refractivity contribution in [3.8, 4) is 11.5 Å². The molecule has 2 rings (SSSR count). The molecule has 16 heavy (non-hydrogen) atoms. The van der Waals surface area contributed by atoms with Crippen molar-refractivity contribution in [3.63, 3.8) is 0 Å². The van der Waals surface area contributed by atoms with Gasteiger partial charge >= 0.3 is 0 Å². The second-order valence-corrected chi connectivity index (χ2v) is 3.59. The quantitative estimate of drug-likeness (QED) is 0.747. The minimum absolute atomic E-state index is 0.362. The lowest BCUT2D eigenvalue weighted by Crippen LogP contribution is -2.11. The largest absolute Gasteiger partial charge is 0.366 e. The summed E-state index contributed by atoms with van der Waals surface area (Å²) in [6.45, 7) is 0. The first-order valence-corrected chi connectivity index (χ1v) is 4.88. The van der Waals surface area contributed by atoms with E-state index in [1.54, 1.807) is 23.7 Å². The maximum absolute atomic E-state index is 10.9. The number of H-pyrrole nitrogens is 1. The molecule has 2 heterocycles. The van der Waals surface area contributed by atoms with Gasteiger partial charge < -0.3 is 10.3 Å². The average Bonchev–Trinajstić information content (AvgIpc) is 2.60. The second kappa shape index (κ2) is 3.86. The van der Waals surface area contributed by atoms with Crippen molar-refractivity contribution >= 4 is 18.1 Å². The van der Waals surface area contributed by atoms with Crippen molar-refractivity contribution in [1.29, 1.82) is 0 Å². The predicted molar refractivity (Wildman–Crippen MR) is 60.1 cm³/mol. The van der Waals surface area contributed by atoms with E-state index in [4.69, 9.17) is 18.0 Å². The Morgan fingerprint density at radius 3 is 2.75 bits per heavy atom. The Morgan fingerprint density at radius 2 is 2.31 bits per heavy atom. The van der Waals surface area contributed by atoms with Gasteiger partial charge in [-0.25, -0.2) is 0 Å². The molecule has 0 fully saturated rings.